The SMILES string of the molecule is FC(F)CNC1CC(c2ccc(Cl)cc2)C1. The van der Waals surface area contributed by atoms with Crippen molar-refractivity contribution >= 4 is 11.6 Å². The van der Waals surface area contributed by atoms with E-state index in [9.17, 15) is 8.78 Å². The summed E-state index contributed by atoms with van der Waals surface area (Å²) in [6.45, 7) is -0.196. The van der Waals surface area contributed by atoms with Crippen LogP contribution < -0.4 is 5.32 Å². The van der Waals surface area contributed by atoms with E-state index < -0.39 is 6.43 Å². The van der Waals surface area contributed by atoms with Crippen LogP contribution in [0.4, 0.5) is 8.78 Å². The number of rotatable bonds is 4. The second kappa shape index (κ2) is 5.11. The fourth-order valence-corrected chi connectivity index (χ4v) is 2.17. The zero-order valence-corrected chi connectivity index (χ0v) is 9.55. The molecular weight excluding hydrogens is 232 g/mol. The standard InChI is InChI=1S/C12H14ClF2N/c13-10-3-1-8(2-4-10)9-5-11(6-9)16-7-12(14)15/h1-4,9,11-12,16H,5-7H2. The number of hydrogen-bond acceptors (Lipinski definition) is 1. The van der Waals surface area contributed by atoms with Gasteiger partial charge in [0.15, 0.2) is 0 Å². The van der Waals surface area contributed by atoms with Crippen molar-refractivity contribution < 1.29 is 8.78 Å². The van der Waals surface area contributed by atoms with Gasteiger partial charge in [-0.05, 0) is 36.5 Å². The van der Waals surface area contributed by atoms with Crippen molar-refractivity contribution in [2.45, 2.75) is 31.2 Å². The minimum absolute atomic E-state index is 0.196. The van der Waals surface area contributed by atoms with Gasteiger partial charge in [-0.3, -0.25) is 0 Å². The lowest BCUT2D eigenvalue weighted by atomic mass is 9.76. The third kappa shape index (κ3) is 2.92. The maximum Gasteiger partial charge on any atom is 0.250 e. The van der Waals surface area contributed by atoms with Crippen molar-refractivity contribution in [1.82, 2.24) is 5.32 Å². The molecule has 0 saturated heterocycles. The summed E-state index contributed by atoms with van der Waals surface area (Å²) in [5.41, 5.74) is 1.25. The maximum absolute atomic E-state index is 11.9. The summed E-state index contributed by atoms with van der Waals surface area (Å²) in [6.07, 6.45) is -0.377. The number of benzene rings is 1. The van der Waals surface area contributed by atoms with Crippen molar-refractivity contribution in [3.8, 4) is 0 Å². The maximum atomic E-state index is 11.9. The van der Waals surface area contributed by atoms with Gasteiger partial charge in [0, 0.05) is 11.1 Å². The Morgan fingerprint density at radius 2 is 1.88 bits per heavy atom. The van der Waals surface area contributed by atoms with Crippen LogP contribution >= 0.6 is 11.6 Å². The number of halogens is 3. The molecule has 1 nitrogen and oxygen atoms in total. The van der Waals surface area contributed by atoms with Gasteiger partial charge in [-0.15, -0.1) is 0 Å². The fraction of sp³-hybridized carbons (Fsp3) is 0.500. The Morgan fingerprint density at radius 3 is 2.44 bits per heavy atom. The van der Waals surface area contributed by atoms with Gasteiger partial charge in [-0.1, -0.05) is 23.7 Å². The highest BCUT2D eigenvalue weighted by Gasteiger charge is 2.30. The lowest BCUT2D eigenvalue weighted by Gasteiger charge is -2.36. The first-order chi connectivity index (χ1) is 7.65. The molecule has 1 aliphatic rings. The number of nitrogens with one attached hydrogen (secondary N) is 1. The summed E-state index contributed by atoms with van der Waals surface area (Å²) in [5.74, 6) is 0.493. The Hall–Kier alpha value is -0.670. The highest BCUT2D eigenvalue weighted by molar-refractivity contribution is 6.30. The molecule has 1 aromatic rings. The predicted molar refractivity (Wildman–Crippen MR) is 61.2 cm³/mol. The van der Waals surface area contributed by atoms with E-state index in [2.05, 4.69) is 5.32 Å². The molecule has 0 heterocycles. The van der Waals surface area contributed by atoms with Gasteiger partial charge in [0.25, 0.3) is 6.43 Å². The van der Waals surface area contributed by atoms with Crippen LogP contribution in [0.15, 0.2) is 24.3 Å². The Bertz CT molecular complexity index is 333. The Kier molecular flexibility index (Phi) is 3.77. The molecule has 0 amide bonds. The van der Waals surface area contributed by atoms with Gasteiger partial charge in [0.2, 0.25) is 0 Å². The molecule has 16 heavy (non-hydrogen) atoms. The minimum Gasteiger partial charge on any atom is -0.309 e. The van der Waals surface area contributed by atoms with E-state index in [0.29, 0.717) is 5.92 Å². The third-order valence-electron chi connectivity index (χ3n) is 3.04. The smallest absolute Gasteiger partial charge is 0.250 e. The summed E-state index contributed by atoms with van der Waals surface area (Å²) in [6, 6.07) is 8.01. The van der Waals surface area contributed by atoms with Crippen LogP contribution in [0.2, 0.25) is 5.02 Å². The summed E-state index contributed by atoms with van der Waals surface area (Å²) < 4.78 is 23.9. The van der Waals surface area contributed by atoms with Crippen molar-refractivity contribution in [3.63, 3.8) is 0 Å². The summed E-state index contributed by atoms with van der Waals surface area (Å²) in [7, 11) is 0. The molecule has 0 bridgehead atoms. The third-order valence-corrected chi connectivity index (χ3v) is 3.29. The van der Waals surface area contributed by atoms with Crippen LogP contribution in [0, 0.1) is 0 Å². The lowest BCUT2D eigenvalue weighted by Crippen LogP contribution is -2.42. The van der Waals surface area contributed by atoms with E-state index >= 15 is 0 Å². The van der Waals surface area contributed by atoms with Crippen LogP contribution in [0.5, 0.6) is 0 Å². The van der Waals surface area contributed by atoms with Crippen LogP contribution in [0.25, 0.3) is 0 Å². The van der Waals surface area contributed by atoms with E-state index in [4.69, 9.17) is 11.6 Å². The van der Waals surface area contributed by atoms with Gasteiger partial charge in [-0.25, -0.2) is 8.78 Å². The van der Waals surface area contributed by atoms with Gasteiger partial charge in [-0.2, -0.15) is 0 Å². The first kappa shape index (κ1) is 11.8. The van der Waals surface area contributed by atoms with E-state index in [1.165, 1.54) is 5.56 Å². The van der Waals surface area contributed by atoms with Crippen LogP contribution in [-0.4, -0.2) is 19.0 Å². The van der Waals surface area contributed by atoms with Crippen LogP contribution in [0.3, 0.4) is 0 Å². The molecule has 0 radical (unpaired) electrons. The largest absolute Gasteiger partial charge is 0.309 e. The molecule has 1 fully saturated rings. The van der Waals surface area contributed by atoms with Gasteiger partial charge in [0.05, 0.1) is 6.54 Å². The highest BCUT2D eigenvalue weighted by atomic mass is 35.5. The molecule has 0 aromatic heterocycles. The van der Waals surface area contributed by atoms with E-state index in [-0.39, 0.29) is 12.6 Å². The van der Waals surface area contributed by atoms with Crippen molar-refractivity contribution in [2.24, 2.45) is 0 Å². The zero-order chi connectivity index (χ0) is 11.5. The fourth-order valence-electron chi connectivity index (χ4n) is 2.05. The number of alkyl halides is 2. The van der Waals surface area contributed by atoms with Gasteiger partial charge in [0.1, 0.15) is 0 Å². The van der Waals surface area contributed by atoms with Gasteiger partial charge >= 0.3 is 0 Å². The second-order valence-electron chi connectivity index (χ2n) is 4.22. The molecule has 2 rings (SSSR count). The summed E-state index contributed by atoms with van der Waals surface area (Å²) in [5, 5.41) is 3.59. The molecule has 4 heteroatoms. The average Bonchev–Trinajstić information content (AvgIpc) is 2.18. The minimum atomic E-state index is -2.26. The molecule has 1 saturated carbocycles. The molecule has 88 valence electrons. The van der Waals surface area contributed by atoms with E-state index in [1.54, 1.807) is 0 Å². The molecular formula is C12H14ClF2N. The summed E-state index contributed by atoms with van der Waals surface area (Å²) >= 11 is 5.80. The van der Waals surface area contributed by atoms with Crippen LogP contribution in [0.1, 0.15) is 24.3 Å². The van der Waals surface area contributed by atoms with Crippen molar-refractivity contribution in [1.29, 1.82) is 0 Å². The first-order valence-corrected chi connectivity index (χ1v) is 5.80. The monoisotopic (exact) mass is 245 g/mol. The summed E-state index contributed by atoms with van der Waals surface area (Å²) in [4.78, 5) is 0. The molecule has 0 unspecified atom stereocenters. The first-order valence-electron chi connectivity index (χ1n) is 5.42. The molecule has 1 N–H and O–H groups in total. The van der Waals surface area contributed by atoms with Gasteiger partial charge < -0.3 is 5.32 Å². The molecule has 0 aliphatic heterocycles. The number of hydrogen-bond donors (Lipinski definition) is 1. The Labute approximate surface area is 98.8 Å². The van der Waals surface area contributed by atoms with Crippen molar-refractivity contribution in [2.75, 3.05) is 6.54 Å². The average molecular weight is 246 g/mol. The van der Waals surface area contributed by atoms with E-state index in [0.717, 1.165) is 17.9 Å². The Balaban J connectivity index is 1.77. The topological polar surface area (TPSA) is 12.0 Å². The zero-order valence-electron chi connectivity index (χ0n) is 8.80. The normalized spacial score (nSPS) is 24.5. The van der Waals surface area contributed by atoms with Crippen molar-refractivity contribution in [3.05, 3.63) is 34.9 Å². The predicted octanol–water partition coefficient (Wildman–Crippen LogP) is 3.44. The highest BCUT2D eigenvalue weighted by Crippen LogP contribution is 2.37. The van der Waals surface area contributed by atoms with E-state index in [1.807, 2.05) is 24.3 Å². The second-order valence-corrected chi connectivity index (χ2v) is 4.65. The molecule has 1 aromatic carbocycles. The quantitative estimate of drug-likeness (QED) is 0.857. The Morgan fingerprint density at radius 1 is 1.25 bits per heavy atom. The lowest BCUT2D eigenvalue weighted by molar-refractivity contribution is 0.131. The molecule has 0 atom stereocenters. The van der Waals surface area contributed by atoms with Crippen LogP contribution in [-0.2, 0) is 0 Å². The molecule has 1 aliphatic carbocycles. The molecule has 0 spiro atoms.